The van der Waals surface area contributed by atoms with Gasteiger partial charge in [-0.1, -0.05) is 54.6 Å². The molecule has 4 aromatic carbocycles. The van der Waals surface area contributed by atoms with Gasteiger partial charge in [0.05, 0.1) is 26.1 Å². The Labute approximate surface area is 231 Å². The summed E-state index contributed by atoms with van der Waals surface area (Å²) in [6.07, 6.45) is -1.04. The summed E-state index contributed by atoms with van der Waals surface area (Å²) in [6.45, 7) is 2.12. The van der Waals surface area contributed by atoms with Crippen molar-refractivity contribution < 1.29 is 33.3 Å². The van der Waals surface area contributed by atoms with Crippen molar-refractivity contribution >= 4 is 12.1 Å². The third kappa shape index (κ3) is 5.76. The van der Waals surface area contributed by atoms with Crippen LogP contribution in [0.2, 0.25) is 0 Å². The second-order valence-corrected chi connectivity index (χ2v) is 9.57. The van der Waals surface area contributed by atoms with Gasteiger partial charge >= 0.3 is 12.1 Å². The van der Waals surface area contributed by atoms with Crippen LogP contribution in [-0.2, 0) is 22.5 Å². The van der Waals surface area contributed by atoms with Crippen molar-refractivity contribution in [2.45, 2.75) is 32.0 Å². The van der Waals surface area contributed by atoms with Crippen molar-refractivity contribution in [1.29, 1.82) is 0 Å². The van der Waals surface area contributed by atoms with Crippen LogP contribution in [0.5, 0.6) is 17.2 Å². The Bertz CT molecular complexity index is 1520. The molecule has 1 heterocycles. The first-order valence-corrected chi connectivity index (χ1v) is 12.8. The van der Waals surface area contributed by atoms with Crippen LogP contribution >= 0.6 is 0 Å². The van der Waals surface area contributed by atoms with E-state index in [4.69, 9.17) is 14.2 Å². The fourth-order valence-corrected chi connectivity index (χ4v) is 4.81. The average molecular weight is 542 g/mol. The average Bonchev–Trinajstić information content (AvgIpc) is 3.23. The van der Waals surface area contributed by atoms with Gasteiger partial charge in [0.2, 0.25) is 0 Å². The Morgan fingerprint density at radius 3 is 2.33 bits per heavy atom. The molecule has 0 saturated carbocycles. The first kappa shape index (κ1) is 26.7. The van der Waals surface area contributed by atoms with E-state index in [0.717, 1.165) is 16.7 Å². The highest BCUT2D eigenvalue weighted by molar-refractivity contribution is 5.72. The van der Waals surface area contributed by atoms with E-state index >= 15 is 0 Å². The van der Waals surface area contributed by atoms with Gasteiger partial charge in [-0.25, -0.2) is 9.18 Å². The fourth-order valence-electron chi connectivity index (χ4n) is 4.81. The Morgan fingerprint density at radius 1 is 0.925 bits per heavy atom. The third-order valence-electron chi connectivity index (χ3n) is 6.90. The van der Waals surface area contributed by atoms with Gasteiger partial charge in [-0.3, -0.25) is 9.69 Å². The Balaban J connectivity index is 1.51. The van der Waals surface area contributed by atoms with Gasteiger partial charge < -0.3 is 19.3 Å². The van der Waals surface area contributed by atoms with Gasteiger partial charge in [0.1, 0.15) is 17.7 Å². The summed E-state index contributed by atoms with van der Waals surface area (Å²) in [4.78, 5) is 26.0. The number of carboxylic acid groups (broad SMARTS) is 1. The van der Waals surface area contributed by atoms with Gasteiger partial charge in [-0.2, -0.15) is 0 Å². The second-order valence-electron chi connectivity index (χ2n) is 9.57. The zero-order valence-electron chi connectivity index (χ0n) is 22.0. The van der Waals surface area contributed by atoms with Gasteiger partial charge in [0.15, 0.2) is 11.5 Å². The summed E-state index contributed by atoms with van der Waals surface area (Å²) in [5.74, 6) is -0.0651. The molecule has 8 heteroatoms. The fraction of sp³-hybridized carbons (Fsp3) is 0.188. The number of amides is 1. The smallest absolute Gasteiger partial charge is 0.411 e. The number of benzene rings is 4. The summed E-state index contributed by atoms with van der Waals surface area (Å²) in [5, 5.41) is 9.24. The second kappa shape index (κ2) is 11.5. The number of methoxy groups -OCH3 is 1. The van der Waals surface area contributed by atoms with Gasteiger partial charge in [-0.15, -0.1) is 0 Å². The van der Waals surface area contributed by atoms with Gasteiger partial charge in [-0.05, 0) is 65.6 Å². The van der Waals surface area contributed by atoms with Crippen LogP contribution in [0.15, 0.2) is 91.0 Å². The van der Waals surface area contributed by atoms with Crippen LogP contribution < -0.4 is 9.47 Å². The summed E-state index contributed by atoms with van der Waals surface area (Å²) in [7, 11) is 1.50. The number of rotatable bonds is 9. The van der Waals surface area contributed by atoms with Gasteiger partial charge in [0, 0.05) is 5.56 Å². The summed E-state index contributed by atoms with van der Waals surface area (Å²) >= 11 is 0. The molecule has 1 aliphatic heterocycles. The lowest BCUT2D eigenvalue weighted by Gasteiger charge is -2.23. The number of carbonyl (C=O) groups excluding carboxylic acids is 1. The molecule has 0 aromatic heterocycles. The molecule has 204 valence electrons. The molecule has 5 rings (SSSR count). The third-order valence-corrected chi connectivity index (χ3v) is 6.90. The first-order chi connectivity index (χ1) is 19.3. The number of hydrogen-bond donors (Lipinski definition) is 1. The predicted molar refractivity (Wildman–Crippen MR) is 147 cm³/mol. The molecule has 2 atom stereocenters. The SMILES string of the molecule is COc1ccc(CC(=O)O)cc1Oc1ccc(-c2ccc(F)cc2)cc1CN1C(=O)OC(c2ccccc2)C1C. The monoisotopic (exact) mass is 541 g/mol. The molecule has 1 N–H and O–H groups in total. The number of hydrogen-bond acceptors (Lipinski definition) is 5. The molecule has 1 amide bonds. The van der Waals surface area contributed by atoms with Crippen molar-refractivity contribution in [2.24, 2.45) is 0 Å². The van der Waals surface area contributed by atoms with Crippen LogP contribution in [0.4, 0.5) is 9.18 Å². The maximum absolute atomic E-state index is 13.6. The Morgan fingerprint density at radius 2 is 1.62 bits per heavy atom. The van der Waals surface area contributed by atoms with E-state index in [0.29, 0.717) is 28.4 Å². The maximum Gasteiger partial charge on any atom is 0.411 e. The molecule has 0 bridgehead atoms. The summed E-state index contributed by atoms with van der Waals surface area (Å²) in [6, 6.07) is 25.9. The zero-order valence-corrected chi connectivity index (χ0v) is 22.0. The quantitative estimate of drug-likeness (QED) is 0.246. The molecule has 0 radical (unpaired) electrons. The van der Waals surface area contributed by atoms with Crippen LogP contribution in [0.1, 0.15) is 29.7 Å². The van der Waals surface area contributed by atoms with E-state index in [1.807, 2.05) is 49.4 Å². The summed E-state index contributed by atoms with van der Waals surface area (Å²) < 4.78 is 31.1. The predicted octanol–water partition coefficient (Wildman–Crippen LogP) is 7.00. The highest BCUT2D eigenvalue weighted by Gasteiger charge is 2.40. The molecule has 0 spiro atoms. The van der Waals surface area contributed by atoms with Gasteiger partial charge in [0.25, 0.3) is 0 Å². The lowest BCUT2D eigenvalue weighted by molar-refractivity contribution is -0.136. The molecule has 40 heavy (non-hydrogen) atoms. The normalized spacial score (nSPS) is 16.5. The maximum atomic E-state index is 13.6. The number of cyclic esters (lactones) is 1. The van der Waals surface area contributed by atoms with Crippen LogP contribution in [0, 0.1) is 5.82 Å². The van der Waals surface area contributed by atoms with Crippen molar-refractivity contribution in [3.63, 3.8) is 0 Å². The lowest BCUT2D eigenvalue weighted by Crippen LogP contribution is -2.31. The molecule has 7 nitrogen and oxygen atoms in total. The van der Waals surface area contributed by atoms with Crippen molar-refractivity contribution in [3.05, 3.63) is 114 Å². The van der Waals surface area contributed by atoms with Crippen molar-refractivity contribution in [3.8, 4) is 28.4 Å². The molecule has 2 unspecified atom stereocenters. The van der Waals surface area contributed by atoms with E-state index in [1.165, 1.54) is 19.2 Å². The number of carbonyl (C=O) groups is 2. The van der Waals surface area contributed by atoms with Crippen LogP contribution in [0.25, 0.3) is 11.1 Å². The lowest BCUT2D eigenvalue weighted by atomic mass is 10.0. The highest BCUT2D eigenvalue weighted by Crippen LogP contribution is 2.39. The van der Waals surface area contributed by atoms with Crippen molar-refractivity contribution in [1.82, 2.24) is 4.90 Å². The minimum absolute atomic E-state index is 0.172. The number of aliphatic carboxylic acids is 1. The number of carboxylic acids is 1. The molecule has 4 aromatic rings. The van der Waals surface area contributed by atoms with E-state index < -0.39 is 18.2 Å². The largest absolute Gasteiger partial charge is 0.493 e. The molecule has 1 aliphatic rings. The first-order valence-electron chi connectivity index (χ1n) is 12.8. The minimum Gasteiger partial charge on any atom is -0.493 e. The standard InChI is InChI=1S/C32H28FNO6/c1-20-31(23-6-4-3-5-7-23)40-32(37)34(20)19-25-18-24(22-9-12-26(33)13-10-22)11-15-27(25)39-29-16-21(17-30(35)36)8-14-28(29)38-2/h3-16,18,20,31H,17,19H2,1-2H3,(H,35,36). The number of nitrogens with zero attached hydrogens (tertiary/aromatic N) is 1. The van der Waals surface area contributed by atoms with Crippen LogP contribution in [0.3, 0.4) is 0 Å². The van der Waals surface area contributed by atoms with E-state index in [9.17, 15) is 19.1 Å². The van der Waals surface area contributed by atoms with Crippen molar-refractivity contribution in [2.75, 3.05) is 7.11 Å². The molecule has 1 fully saturated rings. The number of ether oxygens (including phenoxy) is 3. The minimum atomic E-state index is -0.963. The Hall–Kier alpha value is -4.85. The number of halogens is 1. The van der Waals surface area contributed by atoms with E-state index in [2.05, 4.69) is 0 Å². The molecular weight excluding hydrogens is 513 g/mol. The van der Waals surface area contributed by atoms with Crippen LogP contribution in [-0.4, -0.2) is 35.2 Å². The van der Waals surface area contributed by atoms with E-state index in [-0.39, 0.29) is 24.8 Å². The highest BCUT2D eigenvalue weighted by atomic mass is 19.1. The molecular formula is C32H28FNO6. The molecule has 0 aliphatic carbocycles. The topological polar surface area (TPSA) is 85.3 Å². The Kier molecular flexibility index (Phi) is 7.68. The molecule has 1 saturated heterocycles. The van der Waals surface area contributed by atoms with E-state index in [1.54, 1.807) is 41.3 Å². The summed E-state index contributed by atoms with van der Waals surface area (Å²) in [5.41, 5.74) is 3.76. The zero-order chi connectivity index (χ0) is 28.2.